The van der Waals surface area contributed by atoms with Gasteiger partial charge in [-0.05, 0) is 31.9 Å². The van der Waals surface area contributed by atoms with Crippen molar-refractivity contribution in [3.63, 3.8) is 0 Å². The largest absolute Gasteiger partial charge is 0.508 e. The van der Waals surface area contributed by atoms with Gasteiger partial charge in [-0.3, -0.25) is 4.79 Å². The zero-order valence-electron chi connectivity index (χ0n) is 10.3. The van der Waals surface area contributed by atoms with Crippen LogP contribution in [0, 0.1) is 0 Å². The highest BCUT2D eigenvalue weighted by molar-refractivity contribution is 5.97. The lowest BCUT2D eigenvalue weighted by Gasteiger charge is -2.23. The van der Waals surface area contributed by atoms with Crippen molar-refractivity contribution in [1.29, 1.82) is 0 Å². The van der Waals surface area contributed by atoms with Crippen LogP contribution in [0.15, 0.2) is 18.2 Å². The predicted molar refractivity (Wildman–Crippen MR) is 65.7 cm³/mol. The minimum Gasteiger partial charge on any atom is -0.508 e. The number of benzene rings is 1. The van der Waals surface area contributed by atoms with Crippen LogP contribution in [0.5, 0.6) is 11.5 Å². The number of hydrogen-bond donors (Lipinski definition) is 3. The summed E-state index contributed by atoms with van der Waals surface area (Å²) >= 11 is 0. The van der Waals surface area contributed by atoms with Gasteiger partial charge in [0.25, 0.3) is 5.91 Å². The van der Waals surface area contributed by atoms with E-state index in [4.69, 9.17) is 9.84 Å². The van der Waals surface area contributed by atoms with E-state index < -0.39 is 0 Å². The van der Waals surface area contributed by atoms with Crippen molar-refractivity contribution >= 4 is 5.91 Å². The second kappa shape index (κ2) is 4.86. The number of hydrogen-bond acceptors (Lipinski definition) is 4. The molecular formula is C13H17NO4. The molecule has 1 amide bonds. The molecule has 18 heavy (non-hydrogen) atoms. The zero-order valence-corrected chi connectivity index (χ0v) is 10.3. The van der Waals surface area contributed by atoms with Crippen molar-refractivity contribution in [1.82, 2.24) is 5.32 Å². The Labute approximate surface area is 105 Å². The van der Waals surface area contributed by atoms with Gasteiger partial charge in [-0.2, -0.15) is 0 Å². The number of carbonyl (C=O) groups is 1. The van der Waals surface area contributed by atoms with E-state index in [2.05, 4.69) is 5.32 Å². The summed E-state index contributed by atoms with van der Waals surface area (Å²) in [7, 11) is 0. The molecule has 0 radical (unpaired) electrons. The monoisotopic (exact) mass is 251 g/mol. The molecule has 0 aromatic heterocycles. The molecule has 5 heteroatoms. The Balaban J connectivity index is 1.99. The van der Waals surface area contributed by atoms with Crippen molar-refractivity contribution < 1.29 is 19.7 Å². The van der Waals surface area contributed by atoms with Gasteiger partial charge in [-0.15, -0.1) is 0 Å². The van der Waals surface area contributed by atoms with Gasteiger partial charge in [0.1, 0.15) is 11.5 Å². The van der Waals surface area contributed by atoms with Crippen LogP contribution in [0.3, 0.4) is 0 Å². The maximum atomic E-state index is 11.9. The molecule has 1 aromatic carbocycles. The third-order valence-corrected chi connectivity index (χ3v) is 3.15. The fourth-order valence-corrected chi connectivity index (χ4v) is 2.05. The van der Waals surface area contributed by atoms with Crippen LogP contribution >= 0.6 is 0 Å². The SMILES string of the molecule is CC1(CNC(=O)c2ccc(O)cc2O)CCCO1. The first-order valence-corrected chi connectivity index (χ1v) is 5.94. The Kier molecular flexibility index (Phi) is 3.43. The Morgan fingerprint density at radius 1 is 1.50 bits per heavy atom. The lowest BCUT2D eigenvalue weighted by molar-refractivity contribution is 0.0205. The van der Waals surface area contributed by atoms with Crippen LogP contribution in [0.1, 0.15) is 30.1 Å². The molecule has 1 heterocycles. The van der Waals surface area contributed by atoms with E-state index in [0.29, 0.717) is 6.54 Å². The summed E-state index contributed by atoms with van der Waals surface area (Å²) in [5.41, 5.74) is -0.170. The molecule has 3 N–H and O–H groups in total. The number of phenols is 2. The molecule has 98 valence electrons. The van der Waals surface area contributed by atoms with Crippen LogP contribution in [0.4, 0.5) is 0 Å². The number of phenolic OH excluding ortho intramolecular Hbond substituents is 2. The van der Waals surface area contributed by atoms with Crippen molar-refractivity contribution in [2.24, 2.45) is 0 Å². The van der Waals surface area contributed by atoms with Crippen LogP contribution in [0.25, 0.3) is 0 Å². The van der Waals surface area contributed by atoms with E-state index in [0.717, 1.165) is 25.5 Å². The topological polar surface area (TPSA) is 78.8 Å². The van der Waals surface area contributed by atoms with Crippen molar-refractivity contribution in [2.75, 3.05) is 13.2 Å². The molecule has 2 rings (SSSR count). The third-order valence-electron chi connectivity index (χ3n) is 3.15. The molecule has 1 aliphatic heterocycles. The summed E-state index contributed by atoms with van der Waals surface area (Å²) in [6.07, 6.45) is 1.91. The quantitative estimate of drug-likeness (QED) is 0.758. The zero-order chi connectivity index (χ0) is 13.2. The average Bonchev–Trinajstić information content (AvgIpc) is 2.74. The van der Waals surface area contributed by atoms with Crippen LogP contribution in [-0.2, 0) is 4.74 Å². The molecule has 0 bridgehead atoms. The first kappa shape index (κ1) is 12.7. The standard InChI is InChI=1S/C13H17NO4/c1-13(5-2-6-18-13)8-14-12(17)10-4-3-9(15)7-11(10)16/h3-4,7,15-16H,2,5-6,8H2,1H3,(H,14,17). The lowest BCUT2D eigenvalue weighted by atomic mass is 10.0. The molecule has 1 aliphatic rings. The highest BCUT2D eigenvalue weighted by atomic mass is 16.5. The summed E-state index contributed by atoms with van der Waals surface area (Å²) in [5.74, 6) is -0.677. The molecule has 1 atom stereocenters. The number of rotatable bonds is 3. The van der Waals surface area contributed by atoms with E-state index in [9.17, 15) is 9.90 Å². The van der Waals surface area contributed by atoms with E-state index in [1.807, 2.05) is 6.92 Å². The third kappa shape index (κ3) is 2.73. The fourth-order valence-electron chi connectivity index (χ4n) is 2.05. The van der Waals surface area contributed by atoms with Gasteiger partial charge in [0.15, 0.2) is 0 Å². The van der Waals surface area contributed by atoms with E-state index in [1.54, 1.807) is 0 Å². The Morgan fingerprint density at radius 2 is 2.28 bits per heavy atom. The molecular weight excluding hydrogens is 234 g/mol. The normalized spacial score (nSPS) is 22.9. The summed E-state index contributed by atoms with van der Waals surface area (Å²) < 4.78 is 5.56. The Morgan fingerprint density at radius 3 is 2.89 bits per heavy atom. The molecule has 0 saturated carbocycles. The number of nitrogens with one attached hydrogen (secondary N) is 1. The van der Waals surface area contributed by atoms with E-state index in [1.165, 1.54) is 12.1 Å². The van der Waals surface area contributed by atoms with Crippen LogP contribution in [0.2, 0.25) is 0 Å². The van der Waals surface area contributed by atoms with Gasteiger partial charge in [-0.1, -0.05) is 0 Å². The number of carbonyl (C=O) groups excluding carboxylic acids is 1. The maximum absolute atomic E-state index is 11.9. The van der Waals surface area contributed by atoms with Crippen LogP contribution in [-0.4, -0.2) is 34.9 Å². The van der Waals surface area contributed by atoms with Crippen molar-refractivity contribution in [3.8, 4) is 11.5 Å². The fraction of sp³-hybridized carbons (Fsp3) is 0.462. The van der Waals surface area contributed by atoms with Gasteiger partial charge >= 0.3 is 0 Å². The summed E-state index contributed by atoms with van der Waals surface area (Å²) in [6.45, 7) is 3.08. The molecule has 1 aromatic rings. The van der Waals surface area contributed by atoms with Gasteiger partial charge < -0.3 is 20.3 Å². The number of aromatic hydroxyl groups is 2. The van der Waals surface area contributed by atoms with E-state index >= 15 is 0 Å². The lowest BCUT2D eigenvalue weighted by Crippen LogP contribution is -2.40. The second-order valence-electron chi connectivity index (χ2n) is 4.79. The Bertz CT molecular complexity index is 452. The molecule has 1 saturated heterocycles. The van der Waals surface area contributed by atoms with Gasteiger partial charge in [-0.25, -0.2) is 0 Å². The maximum Gasteiger partial charge on any atom is 0.255 e. The van der Waals surface area contributed by atoms with Crippen LogP contribution < -0.4 is 5.32 Å². The number of ether oxygens (including phenoxy) is 1. The molecule has 1 fully saturated rings. The molecule has 1 unspecified atom stereocenters. The van der Waals surface area contributed by atoms with E-state index in [-0.39, 0.29) is 28.6 Å². The minimum absolute atomic E-state index is 0.0739. The first-order chi connectivity index (χ1) is 8.50. The molecule has 0 aliphatic carbocycles. The van der Waals surface area contributed by atoms with Gasteiger partial charge in [0.05, 0.1) is 11.2 Å². The Hall–Kier alpha value is -1.75. The van der Waals surface area contributed by atoms with Crippen molar-refractivity contribution in [2.45, 2.75) is 25.4 Å². The summed E-state index contributed by atoms with van der Waals surface area (Å²) in [4.78, 5) is 11.9. The smallest absolute Gasteiger partial charge is 0.255 e. The number of amides is 1. The average molecular weight is 251 g/mol. The summed E-state index contributed by atoms with van der Waals surface area (Å²) in [6, 6.07) is 3.89. The van der Waals surface area contributed by atoms with Crippen molar-refractivity contribution in [3.05, 3.63) is 23.8 Å². The van der Waals surface area contributed by atoms with Gasteiger partial charge in [0, 0.05) is 19.2 Å². The minimum atomic E-state index is -0.371. The second-order valence-corrected chi connectivity index (χ2v) is 4.79. The highest BCUT2D eigenvalue weighted by Gasteiger charge is 2.30. The molecule has 5 nitrogen and oxygen atoms in total. The highest BCUT2D eigenvalue weighted by Crippen LogP contribution is 2.25. The predicted octanol–water partition coefficient (Wildman–Crippen LogP) is 1.40. The van der Waals surface area contributed by atoms with Gasteiger partial charge in [0.2, 0.25) is 0 Å². The first-order valence-electron chi connectivity index (χ1n) is 5.94. The summed E-state index contributed by atoms with van der Waals surface area (Å²) in [5, 5.41) is 21.5. The molecule has 0 spiro atoms.